The van der Waals surface area contributed by atoms with Crippen molar-refractivity contribution in [2.75, 3.05) is 0 Å². The lowest BCUT2D eigenvalue weighted by Crippen LogP contribution is -1.96. The number of hydrogen-bond acceptors (Lipinski definition) is 4. The maximum absolute atomic E-state index is 11.2. The van der Waals surface area contributed by atoms with E-state index in [9.17, 15) is 10.1 Å². The average Bonchev–Trinajstić information content (AvgIpc) is 2.97. The second kappa shape index (κ2) is 4.63. The first-order chi connectivity index (χ1) is 10.8. The van der Waals surface area contributed by atoms with Crippen molar-refractivity contribution >= 4 is 27.5 Å². The number of nitrogens with zero attached hydrogens (tertiary/aromatic N) is 4. The number of rotatable bonds is 2. The van der Waals surface area contributed by atoms with Gasteiger partial charge in [0.25, 0.3) is 5.69 Å². The minimum absolute atomic E-state index is 0.102. The Morgan fingerprint density at radius 2 is 1.86 bits per heavy atom. The van der Waals surface area contributed by atoms with Crippen LogP contribution < -0.4 is 0 Å². The number of pyridine rings is 1. The van der Waals surface area contributed by atoms with Crippen LogP contribution in [0.5, 0.6) is 0 Å². The molecule has 0 spiro atoms. The molecule has 22 heavy (non-hydrogen) atoms. The van der Waals surface area contributed by atoms with Crippen LogP contribution in [0.3, 0.4) is 0 Å². The van der Waals surface area contributed by atoms with E-state index in [4.69, 9.17) is 0 Å². The van der Waals surface area contributed by atoms with Gasteiger partial charge in [-0.25, -0.2) is 4.98 Å². The number of nitro benzene ring substituents is 1. The van der Waals surface area contributed by atoms with Gasteiger partial charge in [0, 0.05) is 17.6 Å². The van der Waals surface area contributed by atoms with Crippen molar-refractivity contribution in [2.45, 2.75) is 0 Å². The third-order valence-electron chi connectivity index (χ3n) is 3.68. The quantitative estimate of drug-likeness (QED) is 0.418. The van der Waals surface area contributed by atoms with Crippen LogP contribution in [0, 0.1) is 10.1 Å². The minimum Gasteiger partial charge on any atom is -0.298 e. The molecule has 0 N–H and O–H groups in total. The fraction of sp³-hybridized carbons (Fsp3) is 0. The third-order valence-corrected chi connectivity index (χ3v) is 3.68. The van der Waals surface area contributed by atoms with Crippen molar-refractivity contribution < 1.29 is 4.92 Å². The van der Waals surface area contributed by atoms with Gasteiger partial charge in [-0.1, -0.05) is 18.2 Å². The molecule has 106 valence electrons. The van der Waals surface area contributed by atoms with Gasteiger partial charge >= 0.3 is 0 Å². The highest BCUT2D eigenvalue weighted by atomic mass is 16.6. The molecule has 2 aromatic heterocycles. The van der Waals surface area contributed by atoms with Crippen molar-refractivity contribution in [1.82, 2.24) is 14.5 Å². The molecule has 2 heterocycles. The molecule has 0 saturated heterocycles. The van der Waals surface area contributed by atoms with Gasteiger partial charge in [-0.15, -0.1) is 0 Å². The van der Waals surface area contributed by atoms with Gasteiger partial charge in [-0.3, -0.25) is 19.7 Å². The Bertz CT molecular complexity index is 1020. The summed E-state index contributed by atoms with van der Waals surface area (Å²) in [6.45, 7) is 0. The Labute approximate surface area is 124 Å². The molecule has 2 aromatic carbocycles. The molecule has 0 bridgehead atoms. The predicted octanol–water partition coefficient (Wildman–Crippen LogP) is 3.48. The monoisotopic (exact) mass is 290 g/mol. The van der Waals surface area contributed by atoms with Crippen molar-refractivity contribution in [3.63, 3.8) is 0 Å². The summed E-state index contributed by atoms with van der Waals surface area (Å²) in [5.74, 6) is 0. The lowest BCUT2D eigenvalue weighted by molar-refractivity contribution is -0.383. The summed E-state index contributed by atoms with van der Waals surface area (Å²) in [4.78, 5) is 19.2. The predicted molar refractivity (Wildman–Crippen MR) is 83.0 cm³/mol. The third kappa shape index (κ3) is 1.74. The molecule has 0 unspecified atom stereocenters. The molecule has 0 atom stereocenters. The summed E-state index contributed by atoms with van der Waals surface area (Å²) in [5, 5.41) is 12.6. The maximum Gasteiger partial charge on any atom is 0.277 e. The van der Waals surface area contributed by atoms with E-state index in [1.807, 2.05) is 22.8 Å². The molecule has 0 radical (unpaired) electrons. The molecule has 0 fully saturated rings. The molecular formula is C16H10N4O2. The molecule has 0 saturated carbocycles. The van der Waals surface area contributed by atoms with E-state index in [0.717, 1.165) is 22.1 Å². The number of benzene rings is 2. The van der Waals surface area contributed by atoms with Crippen LogP contribution in [-0.4, -0.2) is 19.5 Å². The summed E-state index contributed by atoms with van der Waals surface area (Å²) in [5.41, 5.74) is 2.65. The summed E-state index contributed by atoms with van der Waals surface area (Å²) >= 11 is 0. The highest BCUT2D eigenvalue weighted by molar-refractivity contribution is 5.97. The first-order valence-electron chi connectivity index (χ1n) is 6.69. The molecule has 4 rings (SSSR count). The van der Waals surface area contributed by atoms with Gasteiger partial charge in [0.15, 0.2) is 0 Å². The normalized spacial score (nSPS) is 11.1. The number of non-ortho nitro benzene ring substituents is 1. The zero-order chi connectivity index (χ0) is 15.1. The van der Waals surface area contributed by atoms with Gasteiger partial charge in [0.05, 0.1) is 27.7 Å². The first kappa shape index (κ1) is 12.5. The Balaban J connectivity index is 2.08. The van der Waals surface area contributed by atoms with E-state index in [1.54, 1.807) is 36.9 Å². The summed E-state index contributed by atoms with van der Waals surface area (Å²) in [7, 11) is 0. The van der Waals surface area contributed by atoms with Crippen molar-refractivity contribution in [2.24, 2.45) is 0 Å². The second-order valence-electron chi connectivity index (χ2n) is 4.89. The van der Waals surface area contributed by atoms with E-state index in [1.165, 1.54) is 6.07 Å². The van der Waals surface area contributed by atoms with E-state index < -0.39 is 0 Å². The van der Waals surface area contributed by atoms with E-state index >= 15 is 0 Å². The largest absolute Gasteiger partial charge is 0.298 e. The summed E-state index contributed by atoms with van der Waals surface area (Å²) in [6, 6.07) is 12.5. The van der Waals surface area contributed by atoms with Crippen molar-refractivity contribution in [1.29, 1.82) is 0 Å². The van der Waals surface area contributed by atoms with Crippen LogP contribution in [0.1, 0.15) is 0 Å². The minimum atomic E-state index is -0.359. The van der Waals surface area contributed by atoms with Gasteiger partial charge in [-0.2, -0.15) is 0 Å². The molecule has 0 aliphatic carbocycles. The number of nitro groups is 1. The molecule has 0 amide bonds. The Hall–Kier alpha value is -3.28. The first-order valence-corrected chi connectivity index (χ1v) is 6.69. The average molecular weight is 290 g/mol. The Kier molecular flexibility index (Phi) is 2.62. The fourth-order valence-electron chi connectivity index (χ4n) is 2.69. The SMILES string of the molecule is O=[N+]([O-])c1ccc(-n2cnc3cnccc32)c2ccccc12. The van der Waals surface area contributed by atoms with Crippen LogP contribution in [0.4, 0.5) is 5.69 Å². The van der Waals surface area contributed by atoms with Crippen molar-refractivity contribution in [3.05, 3.63) is 71.3 Å². The van der Waals surface area contributed by atoms with Crippen LogP contribution in [0.15, 0.2) is 61.2 Å². The van der Waals surface area contributed by atoms with Crippen LogP contribution in [0.25, 0.3) is 27.5 Å². The highest BCUT2D eigenvalue weighted by Gasteiger charge is 2.15. The topological polar surface area (TPSA) is 73.8 Å². The van der Waals surface area contributed by atoms with Crippen LogP contribution >= 0.6 is 0 Å². The molecule has 0 aliphatic rings. The van der Waals surface area contributed by atoms with Gasteiger partial charge in [0.2, 0.25) is 0 Å². The van der Waals surface area contributed by atoms with Crippen LogP contribution in [-0.2, 0) is 0 Å². The maximum atomic E-state index is 11.2. The Morgan fingerprint density at radius 3 is 2.68 bits per heavy atom. The molecule has 0 aliphatic heterocycles. The van der Waals surface area contributed by atoms with E-state index in [2.05, 4.69) is 9.97 Å². The van der Waals surface area contributed by atoms with E-state index in [-0.39, 0.29) is 10.6 Å². The number of aromatic nitrogens is 3. The number of imidazole rings is 1. The molecular weight excluding hydrogens is 280 g/mol. The van der Waals surface area contributed by atoms with Gasteiger partial charge in [-0.05, 0) is 18.2 Å². The smallest absolute Gasteiger partial charge is 0.277 e. The molecule has 6 nitrogen and oxygen atoms in total. The van der Waals surface area contributed by atoms with E-state index in [0.29, 0.717) is 5.39 Å². The van der Waals surface area contributed by atoms with Crippen LogP contribution in [0.2, 0.25) is 0 Å². The zero-order valence-electron chi connectivity index (χ0n) is 11.4. The van der Waals surface area contributed by atoms with Gasteiger partial charge in [0.1, 0.15) is 11.8 Å². The highest BCUT2D eigenvalue weighted by Crippen LogP contribution is 2.31. The lowest BCUT2D eigenvalue weighted by Gasteiger charge is -2.09. The van der Waals surface area contributed by atoms with Gasteiger partial charge < -0.3 is 0 Å². The Morgan fingerprint density at radius 1 is 1.05 bits per heavy atom. The molecule has 4 aromatic rings. The zero-order valence-corrected chi connectivity index (χ0v) is 11.4. The number of fused-ring (bicyclic) bond motifs is 2. The fourth-order valence-corrected chi connectivity index (χ4v) is 2.69. The molecule has 6 heteroatoms. The number of hydrogen-bond donors (Lipinski definition) is 0. The second-order valence-corrected chi connectivity index (χ2v) is 4.89. The summed E-state index contributed by atoms with van der Waals surface area (Å²) < 4.78 is 1.92. The lowest BCUT2D eigenvalue weighted by atomic mass is 10.1. The summed E-state index contributed by atoms with van der Waals surface area (Å²) in [6.07, 6.45) is 5.10. The standard InChI is InChI=1S/C16H10N4O2/c21-20(22)15-6-5-14(11-3-1-2-4-12(11)15)19-10-18-13-9-17-8-7-16(13)19/h1-10H. The van der Waals surface area contributed by atoms with Crippen molar-refractivity contribution in [3.8, 4) is 5.69 Å².